The van der Waals surface area contributed by atoms with Crippen LogP contribution in [0, 0.1) is 0 Å². The zero-order valence-corrected chi connectivity index (χ0v) is 18.2. The van der Waals surface area contributed by atoms with Gasteiger partial charge in [0, 0.05) is 6.08 Å². The van der Waals surface area contributed by atoms with Crippen LogP contribution in [0.2, 0.25) is 0 Å². The van der Waals surface area contributed by atoms with Gasteiger partial charge in [-0.2, -0.15) is 0 Å². The molecule has 2 aromatic carbocycles. The third kappa shape index (κ3) is 7.66. The lowest BCUT2D eigenvalue weighted by molar-refractivity contribution is -0.142. The largest absolute Gasteiger partial charge is 0.490 e. The van der Waals surface area contributed by atoms with Gasteiger partial charge in [0.05, 0.1) is 31.0 Å². The topological polar surface area (TPSA) is 117 Å². The highest BCUT2D eigenvalue weighted by Crippen LogP contribution is 2.20. The maximum Gasteiger partial charge on any atom is 0.339 e. The number of carbonyl (C=O) groups is 4. The molecule has 0 bridgehead atoms. The average molecular weight is 453 g/mol. The smallest absolute Gasteiger partial charge is 0.339 e. The summed E-state index contributed by atoms with van der Waals surface area (Å²) in [7, 11) is 2.38. The fraction of sp³-hybridized carbons (Fsp3) is 0.167. The summed E-state index contributed by atoms with van der Waals surface area (Å²) in [5, 5.41) is 2.43. The lowest BCUT2D eigenvalue weighted by Gasteiger charge is -2.11. The average Bonchev–Trinajstić information content (AvgIpc) is 2.84. The van der Waals surface area contributed by atoms with E-state index in [9.17, 15) is 19.2 Å². The number of hydrogen-bond donors (Lipinski definition) is 1. The molecule has 0 fully saturated rings. The second kappa shape index (κ2) is 12.5. The van der Waals surface area contributed by atoms with Crippen molar-refractivity contribution in [3.05, 3.63) is 77.9 Å². The summed E-state index contributed by atoms with van der Waals surface area (Å²) in [4.78, 5) is 47.8. The van der Waals surface area contributed by atoms with E-state index in [4.69, 9.17) is 9.47 Å². The lowest BCUT2D eigenvalue weighted by atomic mass is 10.1. The van der Waals surface area contributed by atoms with Crippen LogP contribution >= 0.6 is 0 Å². The Morgan fingerprint density at radius 2 is 1.67 bits per heavy atom. The first kappa shape index (κ1) is 24.9. The summed E-state index contributed by atoms with van der Waals surface area (Å²) >= 11 is 0. The van der Waals surface area contributed by atoms with Gasteiger partial charge in [0.2, 0.25) is 0 Å². The molecule has 0 saturated heterocycles. The SMILES string of the molecule is C=CCOc1ccc(/C=C/C(=O)OCC(=O)Nc2cc(C(=O)OC)ccc2C(=O)OC)cc1. The van der Waals surface area contributed by atoms with Crippen LogP contribution in [0.5, 0.6) is 5.75 Å². The summed E-state index contributed by atoms with van der Waals surface area (Å²) < 4.78 is 19.6. The van der Waals surface area contributed by atoms with Gasteiger partial charge in [-0.15, -0.1) is 0 Å². The number of hydrogen-bond acceptors (Lipinski definition) is 8. The quantitative estimate of drug-likeness (QED) is 0.253. The molecule has 0 aromatic heterocycles. The molecule has 0 unspecified atom stereocenters. The normalized spacial score (nSPS) is 10.2. The van der Waals surface area contributed by atoms with Crippen LogP contribution in [0.25, 0.3) is 6.08 Å². The van der Waals surface area contributed by atoms with Crippen molar-refractivity contribution in [2.24, 2.45) is 0 Å². The van der Waals surface area contributed by atoms with Crippen molar-refractivity contribution in [2.75, 3.05) is 32.8 Å². The minimum Gasteiger partial charge on any atom is -0.490 e. The van der Waals surface area contributed by atoms with E-state index in [1.807, 2.05) is 0 Å². The number of methoxy groups -OCH3 is 2. The number of anilines is 1. The molecule has 0 heterocycles. The van der Waals surface area contributed by atoms with Crippen molar-refractivity contribution in [3.63, 3.8) is 0 Å². The molecule has 0 aliphatic carbocycles. The maximum absolute atomic E-state index is 12.2. The number of nitrogens with one attached hydrogen (secondary N) is 1. The van der Waals surface area contributed by atoms with Crippen LogP contribution in [0.1, 0.15) is 26.3 Å². The van der Waals surface area contributed by atoms with Crippen LogP contribution in [0.4, 0.5) is 5.69 Å². The van der Waals surface area contributed by atoms with Crippen LogP contribution in [-0.2, 0) is 23.8 Å². The minimum absolute atomic E-state index is 0.0140. The van der Waals surface area contributed by atoms with Gasteiger partial charge in [-0.1, -0.05) is 24.8 Å². The molecule has 33 heavy (non-hydrogen) atoms. The monoisotopic (exact) mass is 453 g/mol. The fourth-order valence-electron chi connectivity index (χ4n) is 2.55. The van der Waals surface area contributed by atoms with E-state index in [1.54, 1.807) is 30.3 Å². The summed E-state index contributed by atoms with van der Waals surface area (Å²) in [5.74, 6) is -2.17. The number of amides is 1. The Balaban J connectivity index is 1.96. The van der Waals surface area contributed by atoms with Crippen LogP contribution in [0.15, 0.2) is 61.2 Å². The molecule has 0 saturated carbocycles. The molecule has 9 heteroatoms. The second-order valence-corrected chi connectivity index (χ2v) is 6.40. The van der Waals surface area contributed by atoms with Gasteiger partial charge in [-0.25, -0.2) is 14.4 Å². The number of benzene rings is 2. The predicted molar refractivity (Wildman–Crippen MR) is 120 cm³/mol. The Morgan fingerprint density at radius 3 is 2.30 bits per heavy atom. The predicted octanol–water partition coefficient (Wildman–Crippen LogP) is 3.02. The zero-order chi connectivity index (χ0) is 24.2. The molecule has 2 aromatic rings. The Kier molecular flexibility index (Phi) is 9.38. The molecule has 0 aliphatic heterocycles. The van der Waals surface area contributed by atoms with E-state index in [0.717, 1.165) is 5.56 Å². The Morgan fingerprint density at radius 1 is 0.970 bits per heavy atom. The molecular formula is C24H23NO8. The van der Waals surface area contributed by atoms with Gasteiger partial charge in [0.25, 0.3) is 5.91 Å². The summed E-state index contributed by atoms with van der Waals surface area (Å²) in [5.41, 5.74) is 0.872. The third-order valence-electron chi connectivity index (χ3n) is 4.13. The molecule has 0 spiro atoms. The van der Waals surface area contributed by atoms with Crippen molar-refractivity contribution in [3.8, 4) is 5.75 Å². The number of rotatable bonds is 10. The number of ether oxygens (including phenoxy) is 4. The van der Waals surface area contributed by atoms with Crippen molar-refractivity contribution >= 4 is 35.6 Å². The van der Waals surface area contributed by atoms with Gasteiger partial charge < -0.3 is 24.3 Å². The summed E-state index contributed by atoms with van der Waals surface area (Å²) in [6, 6.07) is 10.9. The maximum atomic E-state index is 12.2. The van der Waals surface area contributed by atoms with E-state index in [1.165, 1.54) is 44.6 Å². The van der Waals surface area contributed by atoms with Crippen LogP contribution in [-0.4, -0.2) is 51.2 Å². The van der Waals surface area contributed by atoms with Crippen molar-refractivity contribution in [1.29, 1.82) is 0 Å². The van der Waals surface area contributed by atoms with Gasteiger partial charge >= 0.3 is 17.9 Å². The van der Waals surface area contributed by atoms with Crippen molar-refractivity contribution in [1.82, 2.24) is 0 Å². The molecule has 9 nitrogen and oxygen atoms in total. The zero-order valence-electron chi connectivity index (χ0n) is 18.2. The number of carbonyl (C=O) groups excluding carboxylic acids is 4. The highest BCUT2D eigenvalue weighted by molar-refractivity contribution is 6.04. The molecule has 1 N–H and O–H groups in total. The van der Waals surface area contributed by atoms with Crippen molar-refractivity contribution < 1.29 is 38.1 Å². The second-order valence-electron chi connectivity index (χ2n) is 6.40. The first-order valence-corrected chi connectivity index (χ1v) is 9.67. The molecule has 0 aliphatic rings. The van der Waals surface area contributed by atoms with E-state index in [0.29, 0.717) is 12.4 Å². The van der Waals surface area contributed by atoms with E-state index < -0.39 is 30.4 Å². The molecule has 0 atom stereocenters. The molecule has 1 amide bonds. The van der Waals surface area contributed by atoms with Crippen LogP contribution < -0.4 is 10.1 Å². The lowest BCUT2D eigenvalue weighted by Crippen LogP contribution is -2.22. The third-order valence-corrected chi connectivity index (χ3v) is 4.13. The summed E-state index contributed by atoms with van der Waals surface area (Å²) in [6.45, 7) is 3.35. The molecule has 172 valence electrons. The Hall–Kier alpha value is -4.40. The highest BCUT2D eigenvalue weighted by atomic mass is 16.5. The van der Waals surface area contributed by atoms with Gasteiger partial charge in [-0.05, 0) is 42.0 Å². The summed E-state index contributed by atoms with van der Waals surface area (Å²) in [6.07, 6.45) is 4.32. The van der Waals surface area contributed by atoms with Crippen molar-refractivity contribution in [2.45, 2.75) is 0 Å². The van der Waals surface area contributed by atoms with Gasteiger partial charge in [0.15, 0.2) is 6.61 Å². The fourth-order valence-corrected chi connectivity index (χ4v) is 2.55. The molecule has 0 radical (unpaired) electrons. The first-order chi connectivity index (χ1) is 15.9. The number of esters is 3. The Bertz CT molecular complexity index is 1060. The van der Waals surface area contributed by atoms with Gasteiger partial charge in [0.1, 0.15) is 12.4 Å². The molecular weight excluding hydrogens is 430 g/mol. The first-order valence-electron chi connectivity index (χ1n) is 9.67. The molecule has 2 rings (SSSR count). The van der Waals surface area contributed by atoms with Crippen LogP contribution in [0.3, 0.4) is 0 Å². The van der Waals surface area contributed by atoms with Gasteiger partial charge in [-0.3, -0.25) is 4.79 Å². The minimum atomic E-state index is -0.742. The Labute approximate surface area is 190 Å². The van der Waals surface area contributed by atoms with E-state index in [-0.39, 0.29) is 16.8 Å². The van der Waals surface area contributed by atoms with E-state index in [2.05, 4.69) is 21.4 Å². The standard InChI is InChI=1S/C24H23NO8/c1-4-13-32-18-9-5-16(6-10-18)7-12-22(27)33-15-21(26)25-20-14-17(23(28)30-2)8-11-19(20)24(29)31-3/h4-12,14H,1,13,15H2,2-3H3,(H,25,26)/b12-7+. The van der Waals surface area contributed by atoms with E-state index >= 15 is 0 Å². The highest BCUT2D eigenvalue weighted by Gasteiger charge is 2.17.